The van der Waals surface area contributed by atoms with Crippen LogP contribution in [0.4, 0.5) is 0 Å². The summed E-state index contributed by atoms with van der Waals surface area (Å²) in [6.07, 6.45) is 2.45. The molecule has 3 aromatic heterocycles. The van der Waals surface area contributed by atoms with Crippen molar-refractivity contribution in [3.8, 4) is 11.6 Å². The molecule has 0 saturated heterocycles. The summed E-state index contributed by atoms with van der Waals surface area (Å²) in [4.78, 5) is 15.1. The fraction of sp³-hybridized carbons (Fsp3) is 0. The fourth-order valence-electron chi connectivity index (χ4n) is 1.56. The number of aldehydes is 1. The molecule has 0 N–H and O–H groups in total. The van der Waals surface area contributed by atoms with Gasteiger partial charge in [0.25, 0.3) is 0 Å². The van der Waals surface area contributed by atoms with Gasteiger partial charge in [0, 0.05) is 6.20 Å². The number of furan rings is 1. The number of fused-ring (bicyclic) bond motifs is 1. The van der Waals surface area contributed by atoms with Crippen LogP contribution >= 0.6 is 11.6 Å². The zero-order valence-corrected chi connectivity index (χ0v) is 9.26. The minimum absolute atomic E-state index is 0.273. The van der Waals surface area contributed by atoms with Gasteiger partial charge in [-0.15, -0.1) is 5.10 Å². The molecule has 0 fully saturated rings. The Labute approximate surface area is 101 Å². The van der Waals surface area contributed by atoms with E-state index < -0.39 is 0 Å². The molecule has 0 radical (unpaired) electrons. The molecule has 0 atom stereocenters. The highest BCUT2D eigenvalue weighted by atomic mass is 35.5. The Bertz CT molecular complexity index is 702. The number of carbonyl (C=O) groups is 1. The molecule has 0 saturated carbocycles. The summed E-state index contributed by atoms with van der Waals surface area (Å²) in [7, 11) is 0. The molecule has 0 aromatic carbocycles. The van der Waals surface area contributed by atoms with Crippen LogP contribution in [-0.2, 0) is 0 Å². The largest absolute Gasteiger partial charge is 0.441 e. The number of carbonyl (C=O) groups excluding carboxylic acids is 1. The summed E-state index contributed by atoms with van der Waals surface area (Å²) in [6.45, 7) is 0. The van der Waals surface area contributed by atoms with E-state index in [1.165, 1.54) is 4.52 Å². The highest BCUT2D eigenvalue weighted by molar-refractivity contribution is 6.28. The fourth-order valence-corrected chi connectivity index (χ4v) is 1.70. The molecule has 84 valence electrons. The van der Waals surface area contributed by atoms with Crippen molar-refractivity contribution in [1.29, 1.82) is 0 Å². The van der Waals surface area contributed by atoms with Crippen molar-refractivity contribution < 1.29 is 9.21 Å². The molecule has 0 aliphatic rings. The third-order valence-corrected chi connectivity index (χ3v) is 2.52. The molecular formula is C11H6ClN3O2. The Morgan fingerprint density at radius 1 is 1.35 bits per heavy atom. The minimum atomic E-state index is 0.273. The second kappa shape index (κ2) is 3.71. The van der Waals surface area contributed by atoms with Crippen molar-refractivity contribution in [2.24, 2.45) is 0 Å². The van der Waals surface area contributed by atoms with Gasteiger partial charge in [-0.2, -0.15) is 0 Å². The van der Waals surface area contributed by atoms with Crippen LogP contribution in [0.5, 0.6) is 0 Å². The van der Waals surface area contributed by atoms with Crippen LogP contribution in [0.3, 0.4) is 0 Å². The second-order valence-corrected chi connectivity index (χ2v) is 3.76. The smallest absolute Gasteiger partial charge is 0.217 e. The molecule has 0 aliphatic heterocycles. The van der Waals surface area contributed by atoms with Gasteiger partial charge in [0.1, 0.15) is 0 Å². The molecule has 0 spiro atoms. The Kier molecular flexibility index (Phi) is 2.19. The van der Waals surface area contributed by atoms with Crippen molar-refractivity contribution >= 4 is 23.5 Å². The maximum absolute atomic E-state index is 10.8. The minimum Gasteiger partial charge on any atom is -0.441 e. The van der Waals surface area contributed by atoms with E-state index in [2.05, 4.69) is 10.1 Å². The van der Waals surface area contributed by atoms with Crippen LogP contribution in [0.25, 0.3) is 17.2 Å². The Balaban J connectivity index is 2.23. The maximum atomic E-state index is 10.8. The lowest BCUT2D eigenvalue weighted by Crippen LogP contribution is -1.90. The third-order valence-electron chi connectivity index (χ3n) is 2.31. The molecule has 6 heteroatoms. The lowest BCUT2D eigenvalue weighted by Gasteiger charge is -1.91. The summed E-state index contributed by atoms with van der Waals surface area (Å²) < 4.78 is 6.73. The SMILES string of the molecule is O=Cc1cccn2nc(-c3ccc(Cl)o3)nc12. The standard InChI is InChI=1S/C11H6ClN3O2/c12-9-4-3-8(17-9)10-13-11-7(6-16)2-1-5-15(11)14-10/h1-6H. The van der Waals surface area contributed by atoms with Crippen molar-refractivity contribution in [2.75, 3.05) is 0 Å². The summed E-state index contributed by atoms with van der Waals surface area (Å²) in [5, 5.41) is 4.47. The first-order valence-corrected chi connectivity index (χ1v) is 5.22. The average Bonchev–Trinajstić information content (AvgIpc) is 2.93. The number of halogens is 1. The Morgan fingerprint density at radius 2 is 2.24 bits per heavy atom. The number of rotatable bonds is 2. The lowest BCUT2D eigenvalue weighted by molar-refractivity contribution is 0.112. The first-order chi connectivity index (χ1) is 8.28. The number of hydrogen-bond acceptors (Lipinski definition) is 4. The normalized spacial score (nSPS) is 10.9. The number of pyridine rings is 1. The molecular weight excluding hydrogens is 242 g/mol. The van der Waals surface area contributed by atoms with Gasteiger partial charge in [-0.25, -0.2) is 9.50 Å². The molecule has 17 heavy (non-hydrogen) atoms. The number of aromatic nitrogens is 3. The summed E-state index contributed by atoms with van der Waals surface area (Å²) >= 11 is 5.68. The van der Waals surface area contributed by atoms with Crippen molar-refractivity contribution in [3.63, 3.8) is 0 Å². The predicted octanol–water partition coefficient (Wildman–Crippen LogP) is 2.46. The summed E-state index contributed by atoms with van der Waals surface area (Å²) in [6, 6.07) is 6.70. The molecule has 0 aliphatic carbocycles. The van der Waals surface area contributed by atoms with Gasteiger partial charge in [0.2, 0.25) is 5.82 Å². The maximum Gasteiger partial charge on any atom is 0.217 e. The van der Waals surface area contributed by atoms with Gasteiger partial charge in [-0.3, -0.25) is 4.79 Å². The van der Waals surface area contributed by atoms with Crippen molar-refractivity contribution in [3.05, 3.63) is 41.2 Å². The van der Waals surface area contributed by atoms with E-state index in [4.69, 9.17) is 16.0 Å². The van der Waals surface area contributed by atoms with E-state index in [1.54, 1.807) is 30.5 Å². The molecule has 3 heterocycles. The number of nitrogens with zero attached hydrogens (tertiary/aromatic N) is 3. The van der Waals surface area contributed by atoms with Gasteiger partial charge in [0.15, 0.2) is 22.9 Å². The van der Waals surface area contributed by atoms with Gasteiger partial charge < -0.3 is 4.42 Å². The molecule has 5 nitrogen and oxygen atoms in total. The zero-order valence-electron chi connectivity index (χ0n) is 8.50. The van der Waals surface area contributed by atoms with Crippen LogP contribution in [0.1, 0.15) is 10.4 Å². The first kappa shape index (κ1) is 10.0. The van der Waals surface area contributed by atoms with Crippen molar-refractivity contribution in [1.82, 2.24) is 14.6 Å². The molecule has 3 rings (SSSR count). The highest BCUT2D eigenvalue weighted by Crippen LogP contribution is 2.22. The highest BCUT2D eigenvalue weighted by Gasteiger charge is 2.12. The quantitative estimate of drug-likeness (QED) is 0.653. The van der Waals surface area contributed by atoms with Gasteiger partial charge >= 0.3 is 0 Å². The van der Waals surface area contributed by atoms with Crippen LogP contribution in [-0.4, -0.2) is 20.9 Å². The summed E-state index contributed by atoms with van der Waals surface area (Å²) in [5.41, 5.74) is 0.967. The second-order valence-electron chi connectivity index (χ2n) is 3.39. The van der Waals surface area contributed by atoms with Crippen LogP contribution in [0, 0.1) is 0 Å². The first-order valence-electron chi connectivity index (χ1n) is 4.84. The van der Waals surface area contributed by atoms with E-state index in [9.17, 15) is 4.79 Å². The average molecular weight is 248 g/mol. The van der Waals surface area contributed by atoms with E-state index in [1.807, 2.05) is 0 Å². The van der Waals surface area contributed by atoms with Crippen LogP contribution in [0.15, 0.2) is 34.9 Å². The van der Waals surface area contributed by atoms with Gasteiger partial charge in [-0.1, -0.05) is 0 Å². The molecule has 0 amide bonds. The van der Waals surface area contributed by atoms with E-state index in [0.717, 1.165) is 6.29 Å². The van der Waals surface area contributed by atoms with E-state index in [-0.39, 0.29) is 5.22 Å². The predicted molar refractivity (Wildman–Crippen MR) is 61.1 cm³/mol. The summed E-state index contributed by atoms with van der Waals surface area (Å²) in [5.74, 6) is 0.863. The third kappa shape index (κ3) is 1.60. The van der Waals surface area contributed by atoms with E-state index >= 15 is 0 Å². The molecule has 0 bridgehead atoms. The lowest BCUT2D eigenvalue weighted by atomic mass is 10.3. The molecule has 0 unspecified atom stereocenters. The molecule has 3 aromatic rings. The van der Waals surface area contributed by atoms with Crippen LogP contribution in [0.2, 0.25) is 5.22 Å². The zero-order chi connectivity index (χ0) is 11.8. The topological polar surface area (TPSA) is 60.4 Å². The Hall–Kier alpha value is -2.14. The van der Waals surface area contributed by atoms with Crippen LogP contribution < -0.4 is 0 Å². The van der Waals surface area contributed by atoms with Gasteiger partial charge in [0.05, 0.1) is 5.56 Å². The van der Waals surface area contributed by atoms with Crippen molar-refractivity contribution in [2.45, 2.75) is 0 Å². The van der Waals surface area contributed by atoms with Gasteiger partial charge in [-0.05, 0) is 35.9 Å². The monoisotopic (exact) mass is 247 g/mol. The Morgan fingerprint density at radius 3 is 2.94 bits per heavy atom. The van der Waals surface area contributed by atoms with E-state index in [0.29, 0.717) is 22.8 Å². The number of hydrogen-bond donors (Lipinski definition) is 0.